The number of hydrogen-bond donors (Lipinski definition) is 1. The molecule has 10 fully saturated rings. The minimum atomic E-state index is 0.748. The fourth-order valence-corrected chi connectivity index (χ4v) is 18.4. The van der Waals surface area contributed by atoms with Crippen LogP contribution >= 0.6 is 11.8 Å². The summed E-state index contributed by atoms with van der Waals surface area (Å²) in [5.74, 6) is 3.84. The Morgan fingerprint density at radius 1 is 0.385 bits per heavy atom. The monoisotopic (exact) mass is 733 g/mol. The van der Waals surface area contributed by atoms with Crippen LogP contribution in [0.15, 0.2) is 0 Å². The molecule has 3 aliphatic heterocycles. The van der Waals surface area contributed by atoms with Gasteiger partial charge in [0, 0.05) is 65.5 Å². The smallest absolute Gasteiger partial charge is 0.0581 e. The molecule has 4 nitrogen and oxygen atoms in total. The fraction of sp³-hybridized carbons (Fsp3) is 1.00. The number of nitrogens with zero attached hydrogens (tertiary/aromatic N) is 3. The molecule has 0 bridgehead atoms. The molecular weight excluding hydrogens is 653 g/mol. The van der Waals surface area contributed by atoms with Crippen molar-refractivity contribution in [3.8, 4) is 0 Å². The lowest BCUT2D eigenvalue weighted by Gasteiger charge is -2.51. The fourth-order valence-electron chi connectivity index (χ4n) is 16.4. The second-order valence-electron chi connectivity index (χ2n) is 20.8. The summed E-state index contributed by atoms with van der Waals surface area (Å²) in [5, 5.41) is 5.85. The van der Waals surface area contributed by atoms with Crippen molar-refractivity contribution in [1.82, 2.24) is 20.0 Å². The lowest BCUT2D eigenvalue weighted by molar-refractivity contribution is -0.0200. The van der Waals surface area contributed by atoms with Crippen LogP contribution in [0.2, 0.25) is 0 Å². The number of likely N-dealkylation sites (tertiary alicyclic amines) is 1. The minimum Gasteiger partial charge on any atom is -0.305 e. The van der Waals surface area contributed by atoms with E-state index in [1.165, 1.54) is 193 Å². The number of nitrogens with one attached hydrogen (secondary N) is 1. The van der Waals surface area contributed by atoms with Crippen LogP contribution in [0.25, 0.3) is 0 Å². The van der Waals surface area contributed by atoms with Crippen molar-refractivity contribution in [2.24, 2.45) is 23.7 Å². The van der Waals surface area contributed by atoms with Gasteiger partial charge in [-0.25, -0.2) is 0 Å². The van der Waals surface area contributed by atoms with Crippen LogP contribution in [-0.4, -0.2) is 86.2 Å². The van der Waals surface area contributed by atoms with Gasteiger partial charge in [-0.3, -0.25) is 14.7 Å². The Kier molecular flexibility index (Phi) is 11.6. The van der Waals surface area contributed by atoms with E-state index in [1.807, 2.05) is 0 Å². The van der Waals surface area contributed by atoms with E-state index in [4.69, 9.17) is 0 Å². The normalized spacial score (nSPS) is 44.8. The number of hydrogen-bond acceptors (Lipinski definition) is 5. The summed E-state index contributed by atoms with van der Waals surface area (Å²) in [7, 11) is 0. The Bertz CT molecular complexity index is 1040. The minimum absolute atomic E-state index is 0.748. The van der Waals surface area contributed by atoms with Crippen molar-refractivity contribution in [3.05, 3.63) is 0 Å². The topological polar surface area (TPSA) is 21.8 Å². The van der Waals surface area contributed by atoms with Crippen molar-refractivity contribution >= 4 is 11.8 Å². The second-order valence-corrected chi connectivity index (χ2v) is 22.2. The van der Waals surface area contributed by atoms with Gasteiger partial charge in [-0.2, -0.15) is 0 Å². The summed E-state index contributed by atoms with van der Waals surface area (Å²) in [5.41, 5.74) is 0. The number of fused-ring (bicyclic) bond motifs is 6. The first-order valence-electron chi connectivity index (χ1n) is 24.5. The third kappa shape index (κ3) is 7.06. The number of rotatable bonds is 7. The molecule has 10 rings (SSSR count). The molecule has 0 aromatic heterocycles. The van der Waals surface area contributed by atoms with Gasteiger partial charge in [0.05, 0.1) is 5.37 Å². The molecule has 0 aromatic carbocycles. The zero-order chi connectivity index (χ0) is 34.4. The van der Waals surface area contributed by atoms with Crippen molar-refractivity contribution in [2.45, 2.75) is 264 Å². The van der Waals surface area contributed by atoms with Gasteiger partial charge in [0.2, 0.25) is 0 Å². The van der Waals surface area contributed by atoms with Crippen molar-refractivity contribution in [3.63, 3.8) is 0 Å². The van der Waals surface area contributed by atoms with Crippen LogP contribution in [0.3, 0.4) is 0 Å². The zero-order valence-electron chi connectivity index (χ0n) is 33.5. The van der Waals surface area contributed by atoms with Gasteiger partial charge < -0.3 is 5.32 Å². The summed E-state index contributed by atoms with van der Waals surface area (Å²) in [6, 6.07) is 8.02. The maximum absolute atomic E-state index is 4.15. The van der Waals surface area contributed by atoms with Crippen LogP contribution in [0.4, 0.5) is 0 Å². The number of thioether (sulfide) groups is 1. The van der Waals surface area contributed by atoms with E-state index in [0.717, 1.165) is 88.7 Å². The van der Waals surface area contributed by atoms with E-state index in [9.17, 15) is 0 Å². The standard InChI is InChI=1S/C47H80N4S/c1-5-15-33(16-6-1)49(34-17-7-2-8-18-34)37-25-27-42-40(31-37)41-32-38(50(35-19-9-3-10-20-35)36-21-11-4-12-22-36)26-28-43(41)51(42)44-29-30-48-47-46(44)39-23-13-14-24-45(39)52-47/h33-48H,1-32H2. The Morgan fingerprint density at radius 3 is 1.31 bits per heavy atom. The molecule has 3 heterocycles. The summed E-state index contributed by atoms with van der Waals surface area (Å²) in [6.07, 6.45) is 46.8. The lowest BCUT2D eigenvalue weighted by atomic mass is 9.69. The highest BCUT2D eigenvalue weighted by Crippen LogP contribution is 2.58. The SMILES string of the molecule is C1CCC(N(C2CCCCC2)C2CCC3C(C2)C2CC(N(C4CCCCC4)C4CCCCC4)CCC2N3C2CCNC3SC4CCCCC4C32)CC1. The Balaban J connectivity index is 0.964. The van der Waals surface area contributed by atoms with Gasteiger partial charge in [0.25, 0.3) is 0 Å². The van der Waals surface area contributed by atoms with Gasteiger partial charge in [-0.05, 0) is 133 Å². The summed E-state index contributed by atoms with van der Waals surface area (Å²) >= 11 is 2.42. The van der Waals surface area contributed by atoms with Gasteiger partial charge in [-0.15, -0.1) is 11.8 Å². The zero-order valence-corrected chi connectivity index (χ0v) is 34.4. The molecule has 11 atom stereocenters. The summed E-state index contributed by atoms with van der Waals surface area (Å²) < 4.78 is 0. The quantitative estimate of drug-likeness (QED) is 0.281. The van der Waals surface area contributed by atoms with E-state index in [2.05, 4.69) is 31.8 Å². The molecule has 7 aliphatic carbocycles. The number of piperidine rings is 1. The molecule has 0 spiro atoms. The van der Waals surface area contributed by atoms with E-state index >= 15 is 0 Å². The highest BCUT2D eigenvalue weighted by molar-refractivity contribution is 8.00. The van der Waals surface area contributed by atoms with Gasteiger partial charge in [0.15, 0.2) is 0 Å². The third-order valence-electron chi connectivity index (χ3n) is 18.3. The summed E-state index contributed by atoms with van der Waals surface area (Å²) in [4.78, 5) is 10.1. The molecule has 3 saturated heterocycles. The van der Waals surface area contributed by atoms with Gasteiger partial charge >= 0.3 is 0 Å². The van der Waals surface area contributed by atoms with Crippen LogP contribution in [0, 0.1) is 23.7 Å². The van der Waals surface area contributed by atoms with Crippen molar-refractivity contribution in [1.29, 1.82) is 0 Å². The molecular formula is C47H80N4S. The molecule has 0 radical (unpaired) electrons. The predicted octanol–water partition coefficient (Wildman–Crippen LogP) is 10.9. The average Bonchev–Trinajstić information content (AvgIpc) is 3.75. The molecule has 294 valence electrons. The van der Waals surface area contributed by atoms with Crippen molar-refractivity contribution in [2.75, 3.05) is 6.54 Å². The van der Waals surface area contributed by atoms with Crippen LogP contribution in [0.1, 0.15) is 199 Å². The molecule has 5 heteroatoms. The van der Waals surface area contributed by atoms with E-state index < -0.39 is 0 Å². The highest BCUT2D eigenvalue weighted by atomic mass is 32.2. The van der Waals surface area contributed by atoms with Crippen LogP contribution in [0.5, 0.6) is 0 Å². The predicted molar refractivity (Wildman–Crippen MR) is 220 cm³/mol. The molecule has 7 saturated carbocycles. The molecule has 0 amide bonds. The molecule has 1 N–H and O–H groups in total. The first-order chi connectivity index (χ1) is 25.8. The van der Waals surface area contributed by atoms with E-state index in [-0.39, 0.29) is 0 Å². The Labute approximate surface area is 324 Å². The first kappa shape index (κ1) is 36.5. The molecule has 11 unspecified atom stereocenters. The average molecular weight is 733 g/mol. The van der Waals surface area contributed by atoms with E-state index in [0.29, 0.717) is 0 Å². The lowest BCUT2D eigenvalue weighted by Crippen LogP contribution is -2.59. The third-order valence-corrected chi connectivity index (χ3v) is 20.1. The Morgan fingerprint density at radius 2 is 0.827 bits per heavy atom. The van der Waals surface area contributed by atoms with Gasteiger partial charge in [0.1, 0.15) is 0 Å². The first-order valence-corrected chi connectivity index (χ1v) is 25.5. The van der Waals surface area contributed by atoms with E-state index in [1.54, 1.807) is 12.8 Å². The molecule has 0 aromatic rings. The molecule has 52 heavy (non-hydrogen) atoms. The Hall–Kier alpha value is 0.190. The maximum Gasteiger partial charge on any atom is 0.0581 e. The second kappa shape index (κ2) is 16.6. The summed E-state index contributed by atoms with van der Waals surface area (Å²) in [6.45, 7) is 1.28. The largest absolute Gasteiger partial charge is 0.305 e. The van der Waals surface area contributed by atoms with Crippen molar-refractivity contribution < 1.29 is 0 Å². The highest BCUT2D eigenvalue weighted by Gasteiger charge is 2.60. The maximum atomic E-state index is 4.15. The van der Waals surface area contributed by atoms with Gasteiger partial charge in [-0.1, -0.05) is 89.9 Å². The van der Waals surface area contributed by atoms with Crippen LogP contribution < -0.4 is 5.32 Å². The molecule has 10 aliphatic rings. The van der Waals surface area contributed by atoms with Crippen LogP contribution in [-0.2, 0) is 0 Å².